The smallest absolute Gasteiger partial charge is 0.265 e. The van der Waals surface area contributed by atoms with Crippen molar-refractivity contribution in [2.45, 2.75) is 4.90 Å². The Labute approximate surface area is 118 Å². The van der Waals surface area contributed by atoms with Gasteiger partial charge < -0.3 is 5.32 Å². The monoisotopic (exact) mass is 318 g/mol. The Kier molecular flexibility index (Phi) is 3.98. The van der Waals surface area contributed by atoms with E-state index < -0.39 is 33.2 Å². The summed E-state index contributed by atoms with van der Waals surface area (Å²) in [6.45, 7) is 0. The molecule has 0 aliphatic heterocycles. The van der Waals surface area contributed by atoms with E-state index in [1.54, 1.807) is 4.72 Å². The molecule has 6 nitrogen and oxygen atoms in total. The lowest BCUT2D eigenvalue weighted by Gasteiger charge is -2.09. The van der Waals surface area contributed by atoms with E-state index in [0.717, 1.165) is 12.4 Å². The van der Waals surface area contributed by atoms with Crippen LogP contribution in [0.4, 0.5) is 24.8 Å². The molecule has 2 N–H and O–H groups in total. The maximum absolute atomic E-state index is 13.4. The molecule has 1 aromatic heterocycles. The number of hydrogen-bond donors (Lipinski definition) is 2. The van der Waals surface area contributed by atoms with Crippen LogP contribution in [0.1, 0.15) is 0 Å². The highest BCUT2D eigenvalue weighted by molar-refractivity contribution is 7.92. The van der Waals surface area contributed by atoms with Crippen molar-refractivity contribution >= 4 is 21.7 Å². The molecule has 0 amide bonds. The van der Waals surface area contributed by atoms with Crippen molar-refractivity contribution in [3.8, 4) is 0 Å². The van der Waals surface area contributed by atoms with Crippen LogP contribution in [0.3, 0.4) is 0 Å². The third-order valence-electron chi connectivity index (χ3n) is 2.40. The van der Waals surface area contributed by atoms with E-state index in [2.05, 4.69) is 15.3 Å². The number of rotatable bonds is 4. The second-order valence-electron chi connectivity index (χ2n) is 3.85. The third kappa shape index (κ3) is 3.21. The normalized spacial score (nSPS) is 11.2. The largest absolute Gasteiger partial charge is 0.357 e. The van der Waals surface area contributed by atoms with E-state index in [9.17, 15) is 21.6 Å². The Bertz CT molecular complexity index is 766. The van der Waals surface area contributed by atoms with E-state index in [0.29, 0.717) is 12.1 Å². The Morgan fingerprint density at radius 2 is 1.71 bits per heavy atom. The topological polar surface area (TPSA) is 84.0 Å². The third-order valence-corrected chi connectivity index (χ3v) is 3.72. The quantitative estimate of drug-likeness (QED) is 0.839. The lowest BCUT2D eigenvalue weighted by atomic mass is 10.3. The van der Waals surface area contributed by atoms with Gasteiger partial charge in [-0.1, -0.05) is 0 Å². The SMILES string of the molecule is CNc1ncc(S(=O)(=O)Nc2cc(F)cc(F)c2F)cn1. The van der Waals surface area contributed by atoms with Crippen LogP contribution in [0.15, 0.2) is 29.4 Å². The lowest BCUT2D eigenvalue weighted by Crippen LogP contribution is -2.15. The number of halogens is 3. The Morgan fingerprint density at radius 1 is 1.10 bits per heavy atom. The van der Waals surface area contributed by atoms with Crippen LogP contribution in [0.2, 0.25) is 0 Å². The minimum absolute atomic E-state index is 0.178. The van der Waals surface area contributed by atoms with Gasteiger partial charge in [0.15, 0.2) is 11.6 Å². The summed E-state index contributed by atoms with van der Waals surface area (Å²) < 4.78 is 65.1. The molecular weight excluding hydrogens is 309 g/mol. The molecule has 0 saturated heterocycles. The summed E-state index contributed by atoms with van der Waals surface area (Å²) in [5.74, 6) is -3.95. The van der Waals surface area contributed by atoms with Gasteiger partial charge in [-0.25, -0.2) is 31.6 Å². The highest BCUT2D eigenvalue weighted by atomic mass is 32.2. The first kappa shape index (κ1) is 15.0. The zero-order valence-corrected chi connectivity index (χ0v) is 11.4. The van der Waals surface area contributed by atoms with Crippen LogP contribution in [-0.4, -0.2) is 25.4 Å². The van der Waals surface area contributed by atoms with Gasteiger partial charge in [0.1, 0.15) is 10.7 Å². The molecule has 1 aromatic carbocycles. The highest BCUT2D eigenvalue weighted by Gasteiger charge is 2.20. The molecule has 1 heterocycles. The second-order valence-corrected chi connectivity index (χ2v) is 5.53. The van der Waals surface area contributed by atoms with Gasteiger partial charge in [-0.2, -0.15) is 0 Å². The molecule has 0 atom stereocenters. The number of aromatic nitrogens is 2. The van der Waals surface area contributed by atoms with Gasteiger partial charge in [0.2, 0.25) is 5.95 Å². The van der Waals surface area contributed by atoms with Crippen LogP contribution in [0.25, 0.3) is 0 Å². The van der Waals surface area contributed by atoms with Crippen LogP contribution < -0.4 is 10.0 Å². The first-order valence-electron chi connectivity index (χ1n) is 5.50. The summed E-state index contributed by atoms with van der Waals surface area (Å²) in [5.41, 5.74) is -0.842. The van der Waals surface area contributed by atoms with Crippen molar-refractivity contribution in [3.63, 3.8) is 0 Å². The molecule has 0 bridgehead atoms. The van der Waals surface area contributed by atoms with Crippen LogP contribution in [0, 0.1) is 17.5 Å². The fraction of sp³-hybridized carbons (Fsp3) is 0.0909. The number of sulfonamides is 1. The van der Waals surface area contributed by atoms with Crippen molar-refractivity contribution in [2.24, 2.45) is 0 Å². The second kappa shape index (κ2) is 5.56. The summed E-state index contributed by atoms with van der Waals surface area (Å²) in [7, 11) is -2.74. The van der Waals surface area contributed by atoms with Gasteiger partial charge in [0.25, 0.3) is 10.0 Å². The van der Waals surface area contributed by atoms with Crippen molar-refractivity contribution in [3.05, 3.63) is 42.0 Å². The molecule has 2 rings (SSSR count). The van der Waals surface area contributed by atoms with Gasteiger partial charge in [0, 0.05) is 19.2 Å². The van der Waals surface area contributed by atoms with Gasteiger partial charge in [-0.3, -0.25) is 4.72 Å². The summed E-state index contributed by atoms with van der Waals surface area (Å²) in [6, 6.07) is 0.830. The van der Waals surface area contributed by atoms with E-state index >= 15 is 0 Å². The van der Waals surface area contributed by atoms with E-state index in [4.69, 9.17) is 0 Å². The molecule has 21 heavy (non-hydrogen) atoms. The molecule has 112 valence electrons. The summed E-state index contributed by atoms with van der Waals surface area (Å²) in [6.07, 6.45) is 1.93. The summed E-state index contributed by atoms with van der Waals surface area (Å²) >= 11 is 0. The zero-order valence-electron chi connectivity index (χ0n) is 10.6. The minimum Gasteiger partial charge on any atom is -0.357 e. The number of benzene rings is 1. The number of hydrogen-bond acceptors (Lipinski definition) is 5. The van der Waals surface area contributed by atoms with Crippen molar-refractivity contribution < 1.29 is 21.6 Å². The fourth-order valence-corrected chi connectivity index (χ4v) is 2.36. The Morgan fingerprint density at radius 3 is 2.29 bits per heavy atom. The molecule has 0 radical (unpaired) electrons. The molecule has 10 heteroatoms. The lowest BCUT2D eigenvalue weighted by molar-refractivity contribution is 0.498. The Hall–Kier alpha value is -2.36. The molecule has 0 spiro atoms. The number of nitrogens with one attached hydrogen (secondary N) is 2. The first-order chi connectivity index (χ1) is 9.83. The van der Waals surface area contributed by atoms with Gasteiger partial charge in [-0.05, 0) is 0 Å². The molecule has 0 saturated carbocycles. The summed E-state index contributed by atoms with van der Waals surface area (Å²) in [5, 5.41) is 2.58. The standard InChI is InChI=1S/C11H9F3N4O2S/c1-15-11-16-4-7(5-17-11)21(19,20)18-9-3-6(12)2-8(13)10(9)14/h2-5,18H,1H3,(H,15,16,17). The molecule has 0 unspecified atom stereocenters. The van der Waals surface area contributed by atoms with Crippen molar-refractivity contribution in [1.82, 2.24) is 9.97 Å². The Balaban J connectivity index is 2.37. The highest BCUT2D eigenvalue weighted by Crippen LogP contribution is 2.22. The first-order valence-corrected chi connectivity index (χ1v) is 6.99. The maximum atomic E-state index is 13.4. The van der Waals surface area contributed by atoms with Crippen molar-refractivity contribution in [1.29, 1.82) is 0 Å². The van der Waals surface area contributed by atoms with Crippen LogP contribution in [0.5, 0.6) is 0 Å². The average Bonchev–Trinajstić information content (AvgIpc) is 2.44. The number of anilines is 2. The molecule has 0 aliphatic rings. The molecule has 0 aliphatic carbocycles. The van der Waals surface area contributed by atoms with Gasteiger partial charge >= 0.3 is 0 Å². The fourth-order valence-electron chi connectivity index (χ4n) is 1.42. The van der Waals surface area contributed by atoms with Gasteiger partial charge in [0.05, 0.1) is 18.1 Å². The van der Waals surface area contributed by atoms with Crippen LogP contribution in [-0.2, 0) is 10.0 Å². The average molecular weight is 318 g/mol. The van der Waals surface area contributed by atoms with E-state index in [1.807, 2.05) is 0 Å². The maximum Gasteiger partial charge on any atom is 0.265 e. The molecule has 0 fully saturated rings. The molecular formula is C11H9F3N4O2S. The van der Waals surface area contributed by atoms with Crippen LogP contribution >= 0.6 is 0 Å². The minimum atomic E-state index is -4.27. The van der Waals surface area contributed by atoms with E-state index in [-0.39, 0.29) is 10.8 Å². The molecule has 2 aromatic rings. The number of nitrogens with zero attached hydrogens (tertiary/aromatic N) is 2. The van der Waals surface area contributed by atoms with Crippen molar-refractivity contribution in [2.75, 3.05) is 17.1 Å². The zero-order chi connectivity index (χ0) is 15.6. The predicted molar refractivity (Wildman–Crippen MR) is 68.7 cm³/mol. The summed E-state index contributed by atoms with van der Waals surface area (Å²) in [4.78, 5) is 6.97. The predicted octanol–water partition coefficient (Wildman–Crippen LogP) is 1.74. The van der Waals surface area contributed by atoms with E-state index in [1.165, 1.54) is 7.05 Å². The van der Waals surface area contributed by atoms with Gasteiger partial charge in [-0.15, -0.1) is 0 Å².